The third-order valence-corrected chi connectivity index (χ3v) is 3.80. The smallest absolute Gasteiger partial charge is 0.123 e. The summed E-state index contributed by atoms with van der Waals surface area (Å²) in [6, 6.07) is 15.0. The summed E-state index contributed by atoms with van der Waals surface area (Å²) in [5.74, 6) is -0.192. The topological polar surface area (TPSA) is 26.0 Å². The Labute approximate surface area is 106 Å². The zero-order valence-electron chi connectivity index (χ0n) is 10.2. The van der Waals surface area contributed by atoms with Gasteiger partial charge in [-0.05, 0) is 48.1 Å². The second-order valence-corrected chi connectivity index (χ2v) is 5.12. The van der Waals surface area contributed by atoms with Crippen molar-refractivity contribution in [3.05, 3.63) is 71.0 Å². The van der Waals surface area contributed by atoms with Crippen molar-refractivity contribution in [1.82, 2.24) is 0 Å². The van der Waals surface area contributed by atoms with Gasteiger partial charge in [-0.1, -0.05) is 36.4 Å². The van der Waals surface area contributed by atoms with Gasteiger partial charge in [0, 0.05) is 5.54 Å². The van der Waals surface area contributed by atoms with Crippen molar-refractivity contribution in [1.29, 1.82) is 0 Å². The number of aryl methyl sites for hydroxylation is 1. The predicted octanol–water partition coefficient (Wildman–Crippen LogP) is 3.17. The molecule has 0 spiro atoms. The molecule has 2 N–H and O–H groups in total. The first-order chi connectivity index (χ1) is 8.67. The molecule has 18 heavy (non-hydrogen) atoms. The van der Waals surface area contributed by atoms with E-state index in [0.29, 0.717) is 6.42 Å². The molecule has 1 aliphatic carbocycles. The third kappa shape index (κ3) is 1.93. The zero-order chi connectivity index (χ0) is 12.6. The van der Waals surface area contributed by atoms with E-state index in [4.69, 9.17) is 5.73 Å². The number of benzene rings is 2. The van der Waals surface area contributed by atoms with Crippen molar-refractivity contribution in [3.8, 4) is 0 Å². The van der Waals surface area contributed by atoms with Gasteiger partial charge in [0.2, 0.25) is 0 Å². The molecule has 2 aromatic rings. The number of hydrogen-bond donors (Lipinski definition) is 1. The fourth-order valence-corrected chi connectivity index (χ4v) is 2.91. The van der Waals surface area contributed by atoms with Crippen molar-refractivity contribution in [2.24, 2.45) is 5.73 Å². The molecule has 0 heterocycles. The molecule has 0 radical (unpaired) electrons. The number of nitrogens with two attached hydrogens (primary N) is 1. The monoisotopic (exact) mass is 241 g/mol. The zero-order valence-corrected chi connectivity index (χ0v) is 10.2. The largest absolute Gasteiger partial charge is 0.321 e. The van der Waals surface area contributed by atoms with Crippen molar-refractivity contribution in [2.45, 2.75) is 24.8 Å². The van der Waals surface area contributed by atoms with Crippen LogP contribution in [-0.2, 0) is 18.4 Å². The second kappa shape index (κ2) is 4.21. The van der Waals surface area contributed by atoms with Gasteiger partial charge in [-0.3, -0.25) is 0 Å². The molecule has 1 atom stereocenters. The van der Waals surface area contributed by atoms with Gasteiger partial charge < -0.3 is 5.73 Å². The van der Waals surface area contributed by atoms with Crippen LogP contribution < -0.4 is 5.73 Å². The highest BCUT2D eigenvalue weighted by Crippen LogP contribution is 2.37. The Balaban J connectivity index is 1.94. The molecule has 0 bridgehead atoms. The maximum Gasteiger partial charge on any atom is 0.123 e. The summed E-state index contributed by atoms with van der Waals surface area (Å²) in [7, 11) is 0. The average Bonchev–Trinajstić information content (AvgIpc) is 2.68. The van der Waals surface area contributed by atoms with Gasteiger partial charge in [-0.2, -0.15) is 0 Å². The lowest BCUT2D eigenvalue weighted by atomic mass is 9.86. The van der Waals surface area contributed by atoms with Gasteiger partial charge in [-0.25, -0.2) is 4.39 Å². The molecule has 0 fully saturated rings. The van der Waals surface area contributed by atoms with Crippen molar-refractivity contribution in [3.63, 3.8) is 0 Å². The minimum atomic E-state index is -0.343. The van der Waals surface area contributed by atoms with Gasteiger partial charge in [0.25, 0.3) is 0 Å². The van der Waals surface area contributed by atoms with Crippen LogP contribution in [0, 0.1) is 5.82 Å². The molecule has 2 aromatic carbocycles. The number of fused-ring (bicyclic) bond motifs is 1. The molecular formula is C16H16FN. The third-order valence-electron chi connectivity index (χ3n) is 3.80. The highest BCUT2D eigenvalue weighted by Gasteiger charge is 2.34. The summed E-state index contributed by atoms with van der Waals surface area (Å²) in [6.45, 7) is 0. The molecule has 92 valence electrons. The fraction of sp³-hybridized carbons (Fsp3) is 0.250. The van der Waals surface area contributed by atoms with Crippen molar-refractivity contribution < 1.29 is 4.39 Å². The lowest BCUT2D eigenvalue weighted by molar-refractivity contribution is 0.438. The minimum absolute atomic E-state index is 0.192. The van der Waals surface area contributed by atoms with Gasteiger partial charge >= 0.3 is 0 Å². The molecule has 1 nitrogen and oxygen atoms in total. The molecule has 0 amide bonds. The van der Waals surface area contributed by atoms with E-state index in [1.165, 1.54) is 17.2 Å². The van der Waals surface area contributed by atoms with Crippen LogP contribution in [0.4, 0.5) is 4.39 Å². The maximum absolute atomic E-state index is 13.2. The Hall–Kier alpha value is -1.67. The molecule has 1 aliphatic rings. The van der Waals surface area contributed by atoms with Gasteiger partial charge in [0.15, 0.2) is 0 Å². The van der Waals surface area contributed by atoms with Crippen LogP contribution in [0.1, 0.15) is 23.1 Å². The van der Waals surface area contributed by atoms with E-state index in [1.54, 1.807) is 12.1 Å². The van der Waals surface area contributed by atoms with Crippen LogP contribution in [0.25, 0.3) is 0 Å². The van der Waals surface area contributed by atoms with Crippen molar-refractivity contribution in [2.75, 3.05) is 0 Å². The van der Waals surface area contributed by atoms with Crippen LogP contribution in [0.2, 0.25) is 0 Å². The highest BCUT2D eigenvalue weighted by atomic mass is 19.1. The van der Waals surface area contributed by atoms with Crippen LogP contribution in [0.3, 0.4) is 0 Å². The van der Waals surface area contributed by atoms with E-state index in [-0.39, 0.29) is 11.4 Å². The summed E-state index contributed by atoms with van der Waals surface area (Å²) in [5.41, 5.74) is 9.70. The SMILES string of the molecule is NC1(Cc2cccc(F)c2)CCc2ccccc21. The first-order valence-electron chi connectivity index (χ1n) is 6.29. The van der Waals surface area contributed by atoms with E-state index in [9.17, 15) is 4.39 Å². The standard InChI is InChI=1S/C16H16FN/c17-14-6-3-4-12(10-14)11-16(18)9-8-13-5-1-2-7-15(13)16/h1-7,10H,8-9,11,18H2. The predicted molar refractivity (Wildman–Crippen MR) is 70.7 cm³/mol. The van der Waals surface area contributed by atoms with Gasteiger partial charge in [0.05, 0.1) is 0 Å². The molecule has 0 aromatic heterocycles. The Morgan fingerprint density at radius 2 is 1.94 bits per heavy atom. The van der Waals surface area contributed by atoms with E-state index < -0.39 is 0 Å². The first kappa shape index (κ1) is 11.4. The lowest BCUT2D eigenvalue weighted by Crippen LogP contribution is -2.36. The number of halogens is 1. The molecular weight excluding hydrogens is 225 g/mol. The van der Waals surface area contributed by atoms with Gasteiger partial charge in [-0.15, -0.1) is 0 Å². The van der Waals surface area contributed by atoms with E-state index in [0.717, 1.165) is 18.4 Å². The minimum Gasteiger partial charge on any atom is -0.321 e. The first-order valence-corrected chi connectivity index (χ1v) is 6.29. The molecule has 2 heteroatoms. The number of hydrogen-bond acceptors (Lipinski definition) is 1. The Bertz CT molecular complexity index is 579. The maximum atomic E-state index is 13.2. The van der Waals surface area contributed by atoms with Crippen LogP contribution in [0.5, 0.6) is 0 Å². The highest BCUT2D eigenvalue weighted by molar-refractivity contribution is 5.40. The summed E-state index contributed by atoms with van der Waals surface area (Å²) in [5, 5.41) is 0. The normalized spacial score (nSPS) is 21.9. The van der Waals surface area contributed by atoms with Crippen LogP contribution >= 0.6 is 0 Å². The molecule has 0 saturated heterocycles. The Morgan fingerprint density at radius 3 is 2.78 bits per heavy atom. The van der Waals surface area contributed by atoms with E-state index in [2.05, 4.69) is 12.1 Å². The summed E-state index contributed by atoms with van der Waals surface area (Å²) < 4.78 is 13.2. The molecule has 0 aliphatic heterocycles. The summed E-state index contributed by atoms with van der Waals surface area (Å²) in [6.07, 6.45) is 2.65. The van der Waals surface area contributed by atoms with Crippen LogP contribution in [-0.4, -0.2) is 0 Å². The molecule has 1 unspecified atom stereocenters. The van der Waals surface area contributed by atoms with Crippen molar-refractivity contribution >= 4 is 0 Å². The molecule has 0 saturated carbocycles. The lowest BCUT2D eigenvalue weighted by Gasteiger charge is -2.25. The number of rotatable bonds is 2. The Morgan fingerprint density at radius 1 is 1.11 bits per heavy atom. The quantitative estimate of drug-likeness (QED) is 0.858. The Kier molecular flexibility index (Phi) is 2.67. The van der Waals surface area contributed by atoms with Gasteiger partial charge in [0.1, 0.15) is 5.82 Å². The van der Waals surface area contributed by atoms with Crippen LogP contribution in [0.15, 0.2) is 48.5 Å². The summed E-state index contributed by atoms with van der Waals surface area (Å²) in [4.78, 5) is 0. The average molecular weight is 241 g/mol. The molecule has 3 rings (SSSR count). The van der Waals surface area contributed by atoms with E-state index in [1.807, 2.05) is 18.2 Å². The summed E-state index contributed by atoms with van der Waals surface area (Å²) >= 11 is 0. The second-order valence-electron chi connectivity index (χ2n) is 5.12. The fourth-order valence-electron chi connectivity index (χ4n) is 2.91. The van der Waals surface area contributed by atoms with E-state index >= 15 is 0 Å².